The van der Waals surface area contributed by atoms with E-state index < -0.39 is 0 Å². The van der Waals surface area contributed by atoms with Crippen LogP contribution in [0, 0.1) is 11.3 Å². The molecule has 0 spiro atoms. The van der Waals surface area contributed by atoms with Gasteiger partial charge in [-0.05, 0) is 43.8 Å². The molecule has 0 amide bonds. The number of hydrogen-bond donors (Lipinski definition) is 0. The summed E-state index contributed by atoms with van der Waals surface area (Å²) in [6, 6.07) is 2.30. The Hall–Kier alpha value is -1.62. The highest BCUT2D eigenvalue weighted by Crippen LogP contribution is 2.28. The van der Waals surface area contributed by atoms with Crippen LogP contribution in [0.4, 0.5) is 0 Å². The van der Waals surface area contributed by atoms with E-state index in [9.17, 15) is 10.1 Å². The normalized spacial score (nSPS) is 24.6. The fourth-order valence-corrected chi connectivity index (χ4v) is 2.63. The van der Waals surface area contributed by atoms with Gasteiger partial charge in [-0.1, -0.05) is 24.1 Å². The molecule has 0 N–H and O–H groups in total. The quantitative estimate of drug-likeness (QED) is 0.601. The van der Waals surface area contributed by atoms with E-state index in [0.717, 1.165) is 50.5 Å². The van der Waals surface area contributed by atoms with Crippen molar-refractivity contribution in [2.45, 2.75) is 51.4 Å². The van der Waals surface area contributed by atoms with Crippen LogP contribution in [0.1, 0.15) is 51.4 Å². The first-order chi connectivity index (χ1) is 8.79. The second kappa shape index (κ2) is 6.35. The molecule has 0 atom stereocenters. The van der Waals surface area contributed by atoms with Crippen molar-refractivity contribution >= 4 is 5.78 Å². The second-order valence-electron chi connectivity index (χ2n) is 5.08. The lowest BCUT2D eigenvalue weighted by Crippen LogP contribution is -2.05. The summed E-state index contributed by atoms with van der Waals surface area (Å²) in [5.74, 6) is 0.352. The van der Waals surface area contributed by atoms with Gasteiger partial charge in [-0.15, -0.1) is 0 Å². The Morgan fingerprint density at radius 3 is 2.78 bits per heavy atom. The number of nitrogens with zero attached hydrogens (tertiary/aromatic N) is 1. The Bertz CT molecular complexity index is 460. The molecular formula is C16H19NO. The van der Waals surface area contributed by atoms with Gasteiger partial charge in [0.05, 0.1) is 11.6 Å². The van der Waals surface area contributed by atoms with Gasteiger partial charge in [0.15, 0.2) is 0 Å². The minimum Gasteiger partial charge on any atom is -0.299 e. The number of carbonyl (C=O) groups excluding carboxylic acids is 1. The fraction of sp³-hybridized carbons (Fsp3) is 0.500. The molecule has 0 heterocycles. The number of nitriles is 1. The molecule has 2 rings (SSSR count). The van der Waals surface area contributed by atoms with Crippen molar-refractivity contribution < 1.29 is 4.79 Å². The number of allylic oxidation sites excluding steroid dienone is 6. The van der Waals surface area contributed by atoms with Gasteiger partial charge in [-0.25, -0.2) is 0 Å². The molecule has 18 heavy (non-hydrogen) atoms. The van der Waals surface area contributed by atoms with Gasteiger partial charge in [-0.2, -0.15) is 5.26 Å². The van der Waals surface area contributed by atoms with Crippen LogP contribution in [0.15, 0.2) is 34.9 Å². The van der Waals surface area contributed by atoms with Crippen LogP contribution >= 0.6 is 0 Å². The predicted molar refractivity (Wildman–Crippen MR) is 71.8 cm³/mol. The zero-order valence-electron chi connectivity index (χ0n) is 10.7. The van der Waals surface area contributed by atoms with Crippen molar-refractivity contribution in [3.05, 3.63) is 34.9 Å². The lowest BCUT2D eigenvalue weighted by atomic mass is 9.88. The summed E-state index contributed by atoms with van der Waals surface area (Å²) < 4.78 is 0. The Kier molecular flexibility index (Phi) is 4.52. The van der Waals surface area contributed by atoms with E-state index in [1.165, 1.54) is 11.1 Å². The van der Waals surface area contributed by atoms with Crippen LogP contribution in [0.5, 0.6) is 0 Å². The van der Waals surface area contributed by atoms with Crippen molar-refractivity contribution in [3.8, 4) is 6.07 Å². The average molecular weight is 241 g/mol. The Labute approximate surface area is 109 Å². The van der Waals surface area contributed by atoms with E-state index in [1.54, 1.807) is 0 Å². The first kappa shape index (κ1) is 12.8. The summed E-state index contributed by atoms with van der Waals surface area (Å²) >= 11 is 0. The molecule has 94 valence electrons. The van der Waals surface area contributed by atoms with Gasteiger partial charge < -0.3 is 0 Å². The van der Waals surface area contributed by atoms with E-state index in [-0.39, 0.29) is 0 Å². The van der Waals surface area contributed by atoms with Crippen LogP contribution in [0.2, 0.25) is 0 Å². The molecule has 0 unspecified atom stereocenters. The van der Waals surface area contributed by atoms with E-state index in [0.29, 0.717) is 12.2 Å². The predicted octanol–water partition coefficient (Wildman–Crippen LogP) is 4.01. The Morgan fingerprint density at radius 2 is 1.94 bits per heavy atom. The third kappa shape index (κ3) is 3.43. The minimum absolute atomic E-state index is 0.352. The lowest BCUT2D eigenvalue weighted by molar-refractivity contribution is -0.118. The molecule has 2 aliphatic carbocycles. The molecule has 2 heteroatoms. The van der Waals surface area contributed by atoms with E-state index in [4.69, 9.17) is 0 Å². The molecule has 0 radical (unpaired) electrons. The molecule has 0 aromatic heterocycles. The van der Waals surface area contributed by atoms with Crippen LogP contribution in [0.25, 0.3) is 0 Å². The molecule has 2 bridgehead atoms. The number of Topliss-reactive ketones (excluding diaryl/α,β-unsaturated/α-hetero) is 1. The smallest absolute Gasteiger partial charge is 0.136 e. The molecule has 0 saturated heterocycles. The third-order valence-electron chi connectivity index (χ3n) is 3.63. The molecule has 0 aromatic carbocycles. The van der Waals surface area contributed by atoms with Gasteiger partial charge in [0, 0.05) is 12.8 Å². The summed E-state index contributed by atoms with van der Waals surface area (Å²) in [7, 11) is 0. The van der Waals surface area contributed by atoms with Crippen LogP contribution in [-0.2, 0) is 4.79 Å². The number of hydrogen-bond acceptors (Lipinski definition) is 2. The maximum atomic E-state index is 11.8. The van der Waals surface area contributed by atoms with Gasteiger partial charge in [-0.3, -0.25) is 4.79 Å². The summed E-state index contributed by atoms with van der Waals surface area (Å²) in [6.45, 7) is 0. The lowest BCUT2D eigenvalue weighted by Gasteiger charge is -2.16. The monoisotopic (exact) mass is 241 g/mol. The molecular weight excluding hydrogens is 222 g/mol. The van der Waals surface area contributed by atoms with Crippen LogP contribution < -0.4 is 0 Å². The number of rotatable bonds is 0. The first-order valence-electron chi connectivity index (χ1n) is 6.78. The van der Waals surface area contributed by atoms with Crippen molar-refractivity contribution in [1.29, 1.82) is 5.26 Å². The van der Waals surface area contributed by atoms with Crippen LogP contribution in [0.3, 0.4) is 0 Å². The second-order valence-corrected chi connectivity index (χ2v) is 5.08. The van der Waals surface area contributed by atoms with Crippen molar-refractivity contribution in [2.75, 3.05) is 0 Å². The van der Waals surface area contributed by atoms with Crippen molar-refractivity contribution in [3.63, 3.8) is 0 Å². The third-order valence-corrected chi connectivity index (χ3v) is 3.63. The molecule has 2 aliphatic rings. The first-order valence-corrected chi connectivity index (χ1v) is 6.78. The highest BCUT2D eigenvalue weighted by atomic mass is 16.1. The molecule has 1 saturated carbocycles. The van der Waals surface area contributed by atoms with E-state index >= 15 is 0 Å². The molecule has 2 nitrogen and oxygen atoms in total. The van der Waals surface area contributed by atoms with Crippen molar-refractivity contribution in [1.82, 2.24) is 0 Å². The molecule has 0 aromatic rings. The highest BCUT2D eigenvalue weighted by Gasteiger charge is 2.14. The van der Waals surface area contributed by atoms with Crippen LogP contribution in [-0.4, -0.2) is 5.78 Å². The maximum absolute atomic E-state index is 11.8. The number of fused-ring (bicyclic) bond motifs is 2. The summed E-state index contributed by atoms with van der Waals surface area (Å²) in [4.78, 5) is 11.8. The molecule has 0 aliphatic heterocycles. The molecule has 1 fully saturated rings. The summed E-state index contributed by atoms with van der Waals surface area (Å²) in [6.07, 6.45) is 13.3. The number of ketones is 1. The highest BCUT2D eigenvalue weighted by molar-refractivity contribution is 5.81. The SMILES string of the molecule is N#CC1=C2CCCCCC(=O)C/C(=C/CC=C1)C2. The Balaban J connectivity index is 2.29. The van der Waals surface area contributed by atoms with E-state index in [2.05, 4.69) is 12.1 Å². The summed E-state index contributed by atoms with van der Waals surface area (Å²) in [5, 5.41) is 9.21. The Morgan fingerprint density at radius 1 is 1.11 bits per heavy atom. The standard InChI is InChI=1S/C16H19NO/c17-12-15-8-5-4-6-13-10-14(15)7-2-1-3-9-16(18)11-13/h5-6,8H,1-4,7,9-11H2/b8-5?,13-6+,15-14?. The maximum Gasteiger partial charge on any atom is 0.136 e. The number of carbonyl (C=O) groups is 1. The fourth-order valence-electron chi connectivity index (χ4n) is 2.63. The minimum atomic E-state index is 0.352. The van der Waals surface area contributed by atoms with Gasteiger partial charge in [0.2, 0.25) is 0 Å². The van der Waals surface area contributed by atoms with E-state index in [1.807, 2.05) is 12.2 Å². The topological polar surface area (TPSA) is 40.9 Å². The van der Waals surface area contributed by atoms with Gasteiger partial charge in [0.25, 0.3) is 0 Å². The average Bonchev–Trinajstić information content (AvgIpc) is 2.34. The van der Waals surface area contributed by atoms with Gasteiger partial charge >= 0.3 is 0 Å². The van der Waals surface area contributed by atoms with Gasteiger partial charge in [0.1, 0.15) is 5.78 Å². The zero-order chi connectivity index (χ0) is 12.8. The summed E-state index contributed by atoms with van der Waals surface area (Å²) in [5.41, 5.74) is 3.23. The zero-order valence-corrected chi connectivity index (χ0v) is 10.7. The van der Waals surface area contributed by atoms with Crippen molar-refractivity contribution in [2.24, 2.45) is 0 Å². The largest absolute Gasteiger partial charge is 0.299 e.